The zero-order chi connectivity index (χ0) is 15.7. The number of thiazole rings is 1. The fourth-order valence-corrected chi connectivity index (χ4v) is 4.45. The zero-order valence-electron chi connectivity index (χ0n) is 12.5. The van der Waals surface area contributed by atoms with E-state index in [0.717, 1.165) is 22.6 Å². The van der Waals surface area contributed by atoms with E-state index in [2.05, 4.69) is 36.3 Å². The second-order valence-electron chi connectivity index (χ2n) is 5.64. The highest BCUT2D eigenvalue weighted by molar-refractivity contribution is 7.99. The van der Waals surface area contributed by atoms with Crippen molar-refractivity contribution in [1.29, 1.82) is 0 Å². The van der Waals surface area contributed by atoms with E-state index in [4.69, 9.17) is 0 Å². The van der Waals surface area contributed by atoms with Gasteiger partial charge >= 0.3 is 0 Å². The van der Waals surface area contributed by atoms with Gasteiger partial charge in [-0.3, -0.25) is 10.1 Å². The van der Waals surface area contributed by atoms with E-state index in [-0.39, 0.29) is 5.91 Å². The van der Waals surface area contributed by atoms with Crippen molar-refractivity contribution >= 4 is 34.1 Å². The molecule has 1 aliphatic rings. The Morgan fingerprint density at radius 1 is 1.41 bits per heavy atom. The summed E-state index contributed by atoms with van der Waals surface area (Å²) in [4.78, 5) is 16.7. The number of carbonyl (C=O) groups excluding carboxylic acids is 1. The molecule has 1 saturated heterocycles. The predicted octanol–water partition coefficient (Wildman–Crippen LogP) is 3.23. The molecule has 0 saturated carbocycles. The van der Waals surface area contributed by atoms with Crippen LogP contribution in [0, 0.1) is 13.8 Å². The minimum Gasteiger partial charge on any atom is -0.379 e. The van der Waals surface area contributed by atoms with E-state index in [1.54, 1.807) is 11.8 Å². The minimum absolute atomic E-state index is 0.348. The highest BCUT2D eigenvalue weighted by atomic mass is 32.2. The third-order valence-electron chi connectivity index (χ3n) is 3.81. The molecular formula is C16H18N2O2S2. The molecule has 1 aliphatic heterocycles. The Hall–Kier alpha value is -1.37. The first-order chi connectivity index (χ1) is 10.5. The first-order valence-electron chi connectivity index (χ1n) is 7.13. The number of amides is 1. The number of aromatic nitrogens is 1. The molecule has 22 heavy (non-hydrogen) atoms. The summed E-state index contributed by atoms with van der Waals surface area (Å²) in [6, 6.07) is 6.22. The minimum atomic E-state index is -1.25. The highest BCUT2D eigenvalue weighted by Crippen LogP contribution is 2.31. The summed E-state index contributed by atoms with van der Waals surface area (Å²) in [5, 5.41) is 15.5. The fourth-order valence-electron chi connectivity index (χ4n) is 2.50. The smallest absolute Gasteiger partial charge is 0.259 e. The molecule has 2 aromatic rings. The molecule has 3 rings (SSSR count). The van der Waals surface area contributed by atoms with Gasteiger partial charge in [-0.1, -0.05) is 23.8 Å². The Kier molecular flexibility index (Phi) is 4.25. The quantitative estimate of drug-likeness (QED) is 0.904. The molecule has 4 nitrogen and oxygen atoms in total. The molecule has 1 aromatic carbocycles. The number of nitrogens with one attached hydrogen (secondary N) is 1. The summed E-state index contributed by atoms with van der Waals surface area (Å²) in [7, 11) is 0. The van der Waals surface area contributed by atoms with E-state index < -0.39 is 5.60 Å². The summed E-state index contributed by atoms with van der Waals surface area (Å²) >= 11 is 2.98. The Morgan fingerprint density at radius 2 is 2.23 bits per heavy atom. The van der Waals surface area contributed by atoms with Gasteiger partial charge < -0.3 is 5.11 Å². The van der Waals surface area contributed by atoms with Crippen LogP contribution in [0.4, 0.5) is 5.13 Å². The average molecular weight is 334 g/mol. The van der Waals surface area contributed by atoms with Gasteiger partial charge in [-0.2, -0.15) is 11.8 Å². The van der Waals surface area contributed by atoms with Crippen molar-refractivity contribution in [3.63, 3.8) is 0 Å². The van der Waals surface area contributed by atoms with E-state index >= 15 is 0 Å². The van der Waals surface area contributed by atoms with E-state index in [0.29, 0.717) is 17.3 Å². The molecule has 2 heterocycles. The maximum Gasteiger partial charge on any atom is 0.259 e. The van der Waals surface area contributed by atoms with Gasteiger partial charge in [-0.05, 0) is 31.6 Å². The van der Waals surface area contributed by atoms with Crippen LogP contribution in [0.25, 0.3) is 11.3 Å². The normalized spacial score (nSPS) is 21.0. The van der Waals surface area contributed by atoms with Crippen LogP contribution in [0.15, 0.2) is 23.6 Å². The molecule has 1 aromatic heterocycles. The Morgan fingerprint density at radius 3 is 2.91 bits per heavy atom. The lowest BCUT2D eigenvalue weighted by Gasteiger charge is -2.18. The van der Waals surface area contributed by atoms with Crippen LogP contribution >= 0.6 is 23.1 Å². The Labute approximate surface area is 138 Å². The summed E-state index contributed by atoms with van der Waals surface area (Å²) in [5.41, 5.74) is 3.04. The number of aryl methyl sites for hydroxylation is 2. The van der Waals surface area contributed by atoms with Gasteiger partial charge in [0.1, 0.15) is 0 Å². The van der Waals surface area contributed by atoms with Crippen LogP contribution in [0.2, 0.25) is 0 Å². The first kappa shape index (κ1) is 15.5. The number of rotatable bonds is 3. The monoisotopic (exact) mass is 334 g/mol. The van der Waals surface area contributed by atoms with Crippen molar-refractivity contribution in [1.82, 2.24) is 4.98 Å². The van der Waals surface area contributed by atoms with E-state index in [9.17, 15) is 9.90 Å². The van der Waals surface area contributed by atoms with Gasteiger partial charge in [0, 0.05) is 16.7 Å². The van der Waals surface area contributed by atoms with Gasteiger partial charge in [-0.15, -0.1) is 11.3 Å². The number of aliphatic hydroxyl groups is 1. The van der Waals surface area contributed by atoms with Crippen LogP contribution in [0.5, 0.6) is 0 Å². The molecule has 1 fully saturated rings. The van der Waals surface area contributed by atoms with Crippen LogP contribution in [0.1, 0.15) is 17.5 Å². The molecule has 1 amide bonds. The van der Waals surface area contributed by atoms with Crippen LogP contribution in [-0.2, 0) is 4.79 Å². The Balaban J connectivity index is 1.78. The molecule has 2 N–H and O–H groups in total. The van der Waals surface area contributed by atoms with Gasteiger partial charge in [0.15, 0.2) is 10.7 Å². The van der Waals surface area contributed by atoms with Crippen LogP contribution < -0.4 is 5.32 Å². The van der Waals surface area contributed by atoms with Crippen molar-refractivity contribution in [2.24, 2.45) is 0 Å². The molecule has 0 spiro atoms. The average Bonchev–Trinajstić information content (AvgIpc) is 3.09. The van der Waals surface area contributed by atoms with Crippen molar-refractivity contribution in [3.8, 4) is 11.3 Å². The standard InChI is InChI=1S/C16H18N2O2S2/c1-10-3-4-12(11(2)7-10)13-8-22-15(17-13)18-14(19)16(20)5-6-21-9-16/h3-4,7-8,20H,5-6,9H2,1-2H3,(H,17,18,19). The number of hydrogen-bond acceptors (Lipinski definition) is 5. The zero-order valence-corrected chi connectivity index (χ0v) is 14.2. The molecule has 1 atom stereocenters. The Bertz CT molecular complexity index is 706. The van der Waals surface area contributed by atoms with Crippen molar-refractivity contribution in [2.75, 3.05) is 16.8 Å². The number of thioether (sulfide) groups is 1. The fraction of sp³-hybridized carbons (Fsp3) is 0.375. The molecular weight excluding hydrogens is 316 g/mol. The maximum atomic E-state index is 12.2. The molecule has 1 unspecified atom stereocenters. The van der Waals surface area contributed by atoms with Crippen molar-refractivity contribution in [3.05, 3.63) is 34.7 Å². The molecule has 6 heteroatoms. The number of hydrogen-bond donors (Lipinski definition) is 2. The largest absolute Gasteiger partial charge is 0.379 e. The van der Waals surface area contributed by atoms with Gasteiger partial charge in [0.05, 0.1) is 5.69 Å². The van der Waals surface area contributed by atoms with Crippen LogP contribution in [-0.4, -0.2) is 33.1 Å². The van der Waals surface area contributed by atoms with Crippen molar-refractivity contribution in [2.45, 2.75) is 25.9 Å². The highest BCUT2D eigenvalue weighted by Gasteiger charge is 2.39. The third kappa shape index (κ3) is 3.04. The predicted molar refractivity (Wildman–Crippen MR) is 92.5 cm³/mol. The van der Waals surface area contributed by atoms with Crippen molar-refractivity contribution < 1.29 is 9.90 Å². The summed E-state index contributed by atoms with van der Waals surface area (Å²) in [6.07, 6.45) is 0.499. The molecule has 0 aliphatic carbocycles. The van der Waals surface area contributed by atoms with Crippen LogP contribution in [0.3, 0.4) is 0 Å². The summed E-state index contributed by atoms with van der Waals surface area (Å²) in [5.74, 6) is 0.919. The van der Waals surface area contributed by atoms with E-state index in [1.807, 2.05) is 11.4 Å². The van der Waals surface area contributed by atoms with Gasteiger partial charge in [-0.25, -0.2) is 4.98 Å². The lowest BCUT2D eigenvalue weighted by atomic mass is 10.0. The summed E-state index contributed by atoms with van der Waals surface area (Å²) in [6.45, 7) is 4.11. The van der Waals surface area contributed by atoms with Gasteiger partial charge in [0.25, 0.3) is 5.91 Å². The number of anilines is 1. The third-order valence-corrected chi connectivity index (χ3v) is 5.74. The maximum absolute atomic E-state index is 12.2. The first-order valence-corrected chi connectivity index (χ1v) is 9.16. The number of benzene rings is 1. The molecule has 116 valence electrons. The van der Waals surface area contributed by atoms with E-state index in [1.165, 1.54) is 16.9 Å². The lowest BCUT2D eigenvalue weighted by Crippen LogP contribution is -2.42. The number of nitrogens with zero attached hydrogens (tertiary/aromatic N) is 1. The lowest BCUT2D eigenvalue weighted by molar-refractivity contribution is -0.131. The topological polar surface area (TPSA) is 62.2 Å². The molecule has 0 bridgehead atoms. The molecule has 0 radical (unpaired) electrons. The SMILES string of the molecule is Cc1ccc(-c2csc(NC(=O)C3(O)CCSC3)n2)c(C)c1. The summed E-state index contributed by atoms with van der Waals surface area (Å²) < 4.78 is 0. The second-order valence-corrected chi connectivity index (χ2v) is 7.61. The second kappa shape index (κ2) is 6.02. The van der Waals surface area contributed by atoms with Gasteiger partial charge in [0.2, 0.25) is 0 Å². The number of carbonyl (C=O) groups is 1.